The zero-order chi connectivity index (χ0) is 17.2. The molecule has 2 rings (SSSR count). The molecule has 2 amide bonds. The molecule has 0 bridgehead atoms. The molecule has 2 aromatic rings. The van der Waals surface area contributed by atoms with E-state index in [4.69, 9.17) is 4.74 Å². The lowest BCUT2D eigenvalue weighted by molar-refractivity contribution is -0.136. The molecule has 0 unspecified atom stereocenters. The number of rotatable bonds is 6. The van der Waals surface area contributed by atoms with Crippen molar-refractivity contribution in [2.24, 2.45) is 10.2 Å². The first-order valence-electron chi connectivity index (χ1n) is 7.34. The van der Waals surface area contributed by atoms with E-state index in [1.54, 1.807) is 24.3 Å². The molecule has 0 saturated carbocycles. The van der Waals surface area contributed by atoms with Crippen molar-refractivity contribution >= 4 is 28.9 Å². The van der Waals surface area contributed by atoms with Crippen LogP contribution in [0.1, 0.15) is 0 Å². The summed E-state index contributed by atoms with van der Waals surface area (Å²) in [7, 11) is 1.52. The standard InChI is InChI=1S/C17H18N4O3/c1-24-12-11-18-16(22)17(23)19-13-7-9-15(10-8-13)21-20-14-5-3-2-4-6-14/h2-10H,11-12H2,1H3,(H,18,22)(H,19,23). The van der Waals surface area contributed by atoms with E-state index in [0.717, 1.165) is 5.69 Å². The predicted octanol–water partition coefficient (Wildman–Crippen LogP) is 2.80. The second-order valence-corrected chi connectivity index (χ2v) is 4.79. The molecular weight excluding hydrogens is 308 g/mol. The SMILES string of the molecule is COCCNC(=O)C(=O)Nc1ccc(N=Nc2ccccc2)cc1. The van der Waals surface area contributed by atoms with Gasteiger partial charge in [0.25, 0.3) is 0 Å². The molecule has 2 aromatic carbocycles. The summed E-state index contributed by atoms with van der Waals surface area (Å²) in [6.07, 6.45) is 0. The molecule has 7 nitrogen and oxygen atoms in total. The summed E-state index contributed by atoms with van der Waals surface area (Å²) in [5.41, 5.74) is 1.89. The topological polar surface area (TPSA) is 92.1 Å². The summed E-state index contributed by atoms with van der Waals surface area (Å²) in [4.78, 5) is 23.2. The van der Waals surface area contributed by atoms with Crippen LogP contribution in [-0.4, -0.2) is 32.1 Å². The Morgan fingerprint density at radius 3 is 2.17 bits per heavy atom. The minimum Gasteiger partial charge on any atom is -0.383 e. The van der Waals surface area contributed by atoms with E-state index >= 15 is 0 Å². The highest BCUT2D eigenvalue weighted by atomic mass is 16.5. The summed E-state index contributed by atoms with van der Waals surface area (Å²) in [5, 5.41) is 13.1. The lowest BCUT2D eigenvalue weighted by Gasteiger charge is -2.06. The van der Waals surface area contributed by atoms with E-state index in [2.05, 4.69) is 20.9 Å². The molecule has 0 aliphatic rings. The highest BCUT2D eigenvalue weighted by Gasteiger charge is 2.12. The van der Waals surface area contributed by atoms with Gasteiger partial charge in [-0.25, -0.2) is 0 Å². The number of ether oxygens (including phenoxy) is 1. The van der Waals surface area contributed by atoms with Crippen molar-refractivity contribution in [1.82, 2.24) is 5.32 Å². The first kappa shape index (κ1) is 17.3. The number of methoxy groups -OCH3 is 1. The molecule has 2 N–H and O–H groups in total. The van der Waals surface area contributed by atoms with E-state index in [1.807, 2.05) is 30.3 Å². The Morgan fingerprint density at radius 2 is 1.54 bits per heavy atom. The molecule has 0 heterocycles. The van der Waals surface area contributed by atoms with Crippen LogP contribution >= 0.6 is 0 Å². The van der Waals surface area contributed by atoms with Gasteiger partial charge in [-0.3, -0.25) is 9.59 Å². The Kier molecular flexibility index (Phi) is 6.60. The van der Waals surface area contributed by atoms with Gasteiger partial charge in [-0.1, -0.05) is 18.2 Å². The maximum absolute atomic E-state index is 11.7. The van der Waals surface area contributed by atoms with Gasteiger partial charge < -0.3 is 15.4 Å². The predicted molar refractivity (Wildman–Crippen MR) is 90.6 cm³/mol. The van der Waals surface area contributed by atoms with Crippen LogP contribution in [-0.2, 0) is 14.3 Å². The van der Waals surface area contributed by atoms with Crippen molar-refractivity contribution in [2.45, 2.75) is 0 Å². The van der Waals surface area contributed by atoms with Gasteiger partial charge in [0.05, 0.1) is 18.0 Å². The van der Waals surface area contributed by atoms with Crippen LogP contribution in [0.3, 0.4) is 0 Å². The van der Waals surface area contributed by atoms with E-state index in [-0.39, 0.29) is 6.54 Å². The normalized spacial score (nSPS) is 10.5. The number of carbonyl (C=O) groups is 2. The third-order valence-electron chi connectivity index (χ3n) is 2.96. The van der Waals surface area contributed by atoms with Crippen LogP contribution in [0.25, 0.3) is 0 Å². The van der Waals surface area contributed by atoms with Crippen molar-refractivity contribution < 1.29 is 14.3 Å². The van der Waals surface area contributed by atoms with Crippen LogP contribution in [0.4, 0.5) is 17.1 Å². The molecule has 7 heteroatoms. The number of carbonyl (C=O) groups excluding carboxylic acids is 2. The maximum atomic E-state index is 11.7. The smallest absolute Gasteiger partial charge is 0.313 e. The summed E-state index contributed by atoms with van der Waals surface area (Å²) in [5.74, 6) is -1.44. The molecule has 0 saturated heterocycles. The number of hydrogen-bond acceptors (Lipinski definition) is 5. The fraction of sp³-hybridized carbons (Fsp3) is 0.176. The van der Waals surface area contributed by atoms with Gasteiger partial charge in [0.1, 0.15) is 0 Å². The Labute approximate surface area is 139 Å². The average molecular weight is 326 g/mol. The lowest BCUT2D eigenvalue weighted by atomic mass is 10.3. The first-order valence-corrected chi connectivity index (χ1v) is 7.34. The van der Waals surface area contributed by atoms with Gasteiger partial charge in [0.2, 0.25) is 0 Å². The Morgan fingerprint density at radius 1 is 0.917 bits per heavy atom. The van der Waals surface area contributed by atoms with Gasteiger partial charge in [0.15, 0.2) is 0 Å². The number of hydrogen-bond donors (Lipinski definition) is 2. The summed E-state index contributed by atoms with van der Waals surface area (Å²) >= 11 is 0. The molecule has 0 radical (unpaired) electrons. The minimum absolute atomic E-state index is 0.279. The highest BCUT2D eigenvalue weighted by Crippen LogP contribution is 2.19. The van der Waals surface area contributed by atoms with E-state index in [1.165, 1.54) is 7.11 Å². The number of nitrogens with zero attached hydrogens (tertiary/aromatic N) is 2. The molecular formula is C17H18N4O3. The van der Waals surface area contributed by atoms with Gasteiger partial charge in [-0.05, 0) is 36.4 Å². The van der Waals surface area contributed by atoms with Crippen LogP contribution in [0.2, 0.25) is 0 Å². The summed E-state index contributed by atoms with van der Waals surface area (Å²) in [6.45, 7) is 0.627. The second kappa shape index (κ2) is 9.16. The van der Waals surface area contributed by atoms with E-state index < -0.39 is 11.8 Å². The highest BCUT2D eigenvalue weighted by molar-refractivity contribution is 6.39. The maximum Gasteiger partial charge on any atom is 0.313 e. The Hall–Kier alpha value is -3.06. The molecule has 0 aliphatic heterocycles. The Bertz CT molecular complexity index is 700. The van der Waals surface area contributed by atoms with Crippen LogP contribution in [0.15, 0.2) is 64.8 Å². The summed E-state index contributed by atoms with van der Waals surface area (Å²) < 4.78 is 4.79. The number of amides is 2. The van der Waals surface area contributed by atoms with Crippen molar-refractivity contribution in [2.75, 3.05) is 25.6 Å². The molecule has 0 spiro atoms. The second-order valence-electron chi connectivity index (χ2n) is 4.79. The fourth-order valence-corrected chi connectivity index (χ4v) is 1.76. The van der Waals surface area contributed by atoms with Crippen molar-refractivity contribution in [3.05, 3.63) is 54.6 Å². The number of azo groups is 1. The van der Waals surface area contributed by atoms with Crippen molar-refractivity contribution in [3.63, 3.8) is 0 Å². The summed E-state index contributed by atoms with van der Waals surface area (Å²) in [6, 6.07) is 16.1. The third-order valence-corrected chi connectivity index (χ3v) is 2.96. The average Bonchev–Trinajstić information content (AvgIpc) is 2.62. The monoisotopic (exact) mass is 326 g/mol. The van der Waals surface area contributed by atoms with E-state index in [0.29, 0.717) is 18.0 Å². The number of benzene rings is 2. The molecule has 124 valence electrons. The molecule has 0 atom stereocenters. The van der Waals surface area contributed by atoms with Crippen LogP contribution in [0, 0.1) is 0 Å². The molecule has 0 aromatic heterocycles. The zero-order valence-corrected chi connectivity index (χ0v) is 13.2. The first-order chi connectivity index (χ1) is 11.7. The van der Waals surface area contributed by atoms with Crippen LogP contribution < -0.4 is 10.6 Å². The zero-order valence-electron chi connectivity index (χ0n) is 13.2. The number of nitrogens with one attached hydrogen (secondary N) is 2. The largest absolute Gasteiger partial charge is 0.383 e. The minimum atomic E-state index is -0.732. The van der Waals surface area contributed by atoms with E-state index in [9.17, 15) is 9.59 Å². The van der Waals surface area contributed by atoms with Gasteiger partial charge in [0, 0.05) is 19.3 Å². The van der Waals surface area contributed by atoms with Gasteiger partial charge in [-0.15, -0.1) is 0 Å². The fourth-order valence-electron chi connectivity index (χ4n) is 1.76. The van der Waals surface area contributed by atoms with Gasteiger partial charge in [-0.2, -0.15) is 10.2 Å². The third kappa shape index (κ3) is 5.62. The van der Waals surface area contributed by atoms with Gasteiger partial charge >= 0.3 is 11.8 Å². The number of anilines is 1. The molecule has 0 fully saturated rings. The van der Waals surface area contributed by atoms with Crippen molar-refractivity contribution in [3.8, 4) is 0 Å². The van der Waals surface area contributed by atoms with Crippen molar-refractivity contribution in [1.29, 1.82) is 0 Å². The Balaban J connectivity index is 1.88. The van der Waals surface area contributed by atoms with Crippen LogP contribution in [0.5, 0.6) is 0 Å². The molecule has 24 heavy (non-hydrogen) atoms. The lowest BCUT2D eigenvalue weighted by Crippen LogP contribution is -2.37. The molecule has 0 aliphatic carbocycles. The quantitative estimate of drug-likeness (QED) is 0.486.